The SMILES string of the molecule is CCCCOC1=CC(=O)c2ccc(O)cc2C1=O. The minimum absolute atomic E-state index is 0.0373. The predicted octanol–water partition coefficient (Wildman–Crippen LogP) is 2.47. The van der Waals surface area contributed by atoms with E-state index in [1.54, 1.807) is 0 Å². The highest BCUT2D eigenvalue weighted by molar-refractivity contribution is 6.23. The standard InChI is InChI=1S/C14H14O4/c1-2-3-6-18-13-8-12(16)10-5-4-9(15)7-11(10)14(13)17/h4-5,7-8,15H,2-3,6H2,1H3. The predicted molar refractivity (Wildman–Crippen MR) is 65.7 cm³/mol. The molecule has 94 valence electrons. The Hall–Kier alpha value is -2.10. The van der Waals surface area contributed by atoms with Gasteiger partial charge in [0.1, 0.15) is 5.75 Å². The van der Waals surface area contributed by atoms with Crippen molar-refractivity contribution >= 4 is 11.6 Å². The van der Waals surface area contributed by atoms with Gasteiger partial charge in [-0.3, -0.25) is 9.59 Å². The fourth-order valence-electron chi connectivity index (χ4n) is 1.76. The average Bonchev–Trinajstić information content (AvgIpc) is 2.35. The molecular weight excluding hydrogens is 232 g/mol. The molecule has 1 N–H and O–H groups in total. The van der Waals surface area contributed by atoms with Gasteiger partial charge in [0, 0.05) is 17.2 Å². The number of rotatable bonds is 4. The highest BCUT2D eigenvalue weighted by Crippen LogP contribution is 2.25. The van der Waals surface area contributed by atoms with E-state index < -0.39 is 0 Å². The molecule has 0 spiro atoms. The number of allylic oxidation sites excluding steroid dienone is 2. The van der Waals surface area contributed by atoms with E-state index in [4.69, 9.17) is 4.74 Å². The van der Waals surface area contributed by atoms with Crippen LogP contribution in [0.4, 0.5) is 0 Å². The van der Waals surface area contributed by atoms with E-state index in [-0.39, 0.29) is 28.6 Å². The molecule has 1 aliphatic carbocycles. The van der Waals surface area contributed by atoms with Crippen molar-refractivity contribution in [3.05, 3.63) is 41.2 Å². The fraction of sp³-hybridized carbons (Fsp3) is 0.286. The van der Waals surface area contributed by atoms with Gasteiger partial charge in [0.25, 0.3) is 0 Å². The summed E-state index contributed by atoms with van der Waals surface area (Å²) in [6.45, 7) is 2.43. The molecule has 1 aromatic carbocycles. The number of Topliss-reactive ketones (excluding diaryl/α,β-unsaturated/α-hetero) is 1. The maximum atomic E-state index is 12.1. The van der Waals surface area contributed by atoms with Crippen LogP contribution in [-0.2, 0) is 4.74 Å². The van der Waals surface area contributed by atoms with Crippen LogP contribution in [0.15, 0.2) is 30.0 Å². The lowest BCUT2D eigenvalue weighted by molar-refractivity contribution is 0.0880. The van der Waals surface area contributed by atoms with Crippen LogP contribution in [-0.4, -0.2) is 23.3 Å². The fourth-order valence-corrected chi connectivity index (χ4v) is 1.76. The number of unbranched alkanes of at least 4 members (excludes halogenated alkanes) is 1. The number of carbonyl (C=O) groups is 2. The van der Waals surface area contributed by atoms with E-state index in [9.17, 15) is 14.7 Å². The lowest BCUT2D eigenvalue weighted by Crippen LogP contribution is -2.18. The number of carbonyl (C=O) groups excluding carboxylic acids is 2. The molecule has 0 fully saturated rings. The van der Waals surface area contributed by atoms with Gasteiger partial charge in [-0.2, -0.15) is 0 Å². The Morgan fingerprint density at radius 2 is 2.00 bits per heavy atom. The zero-order valence-electron chi connectivity index (χ0n) is 10.1. The summed E-state index contributed by atoms with van der Waals surface area (Å²) in [6.07, 6.45) is 3.00. The number of ether oxygens (including phenoxy) is 1. The summed E-state index contributed by atoms with van der Waals surface area (Å²) in [4.78, 5) is 23.8. The van der Waals surface area contributed by atoms with Gasteiger partial charge < -0.3 is 9.84 Å². The third-order valence-corrected chi connectivity index (χ3v) is 2.75. The molecule has 0 amide bonds. The second-order valence-electron chi connectivity index (χ2n) is 4.13. The van der Waals surface area contributed by atoms with Crippen LogP contribution in [0.1, 0.15) is 40.5 Å². The maximum absolute atomic E-state index is 12.1. The van der Waals surface area contributed by atoms with Crippen molar-refractivity contribution in [1.29, 1.82) is 0 Å². The summed E-state index contributed by atoms with van der Waals surface area (Å²) in [7, 11) is 0. The first kappa shape index (κ1) is 12.4. The Labute approximate surface area is 105 Å². The van der Waals surface area contributed by atoms with Gasteiger partial charge in [-0.25, -0.2) is 0 Å². The first-order valence-corrected chi connectivity index (χ1v) is 5.90. The molecule has 0 atom stereocenters. The number of phenols is 1. The molecule has 4 heteroatoms. The van der Waals surface area contributed by atoms with Crippen LogP contribution in [0.2, 0.25) is 0 Å². The maximum Gasteiger partial charge on any atom is 0.228 e. The molecule has 0 radical (unpaired) electrons. The lowest BCUT2D eigenvalue weighted by Gasteiger charge is -2.15. The van der Waals surface area contributed by atoms with Gasteiger partial charge in [-0.05, 0) is 24.6 Å². The van der Waals surface area contributed by atoms with Crippen LogP contribution in [0.3, 0.4) is 0 Å². The number of fused-ring (bicyclic) bond motifs is 1. The summed E-state index contributed by atoms with van der Waals surface area (Å²) in [5, 5.41) is 9.37. The molecule has 2 rings (SSSR count). The number of benzene rings is 1. The second-order valence-corrected chi connectivity index (χ2v) is 4.13. The number of ketones is 2. The largest absolute Gasteiger partial charge is 0.508 e. The van der Waals surface area contributed by atoms with Crippen LogP contribution in [0.5, 0.6) is 5.75 Å². The summed E-state index contributed by atoms with van der Waals surface area (Å²) in [5.41, 5.74) is 0.509. The Morgan fingerprint density at radius 3 is 2.72 bits per heavy atom. The van der Waals surface area contributed by atoms with E-state index in [1.165, 1.54) is 24.3 Å². The van der Waals surface area contributed by atoms with Crippen molar-refractivity contribution < 1.29 is 19.4 Å². The molecule has 0 saturated carbocycles. The van der Waals surface area contributed by atoms with E-state index >= 15 is 0 Å². The van der Waals surface area contributed by atoms with Crippen LogP contribution in [0.25, 0.3) is 0 Å². The minimum Gasteiger partial charge on any atom is -0.508 e. The zero-order valence-corrected chi connectivity index (χ0v) is 10.1. The smallest absolute Gasteiger partial charge is 0.228 e. The van der Waals surface area contributed by atoms with Crippen LogP contribution >= 0.6 is 0 Å². The Morgan fingerprint density at radius 1 is 1.22 bits per heavy atom. The van der Waals surface area contributed by atoms with Gasteiger partial charge in [0.15, 0.2) is 11.5 Å². The first-order chi connectivity index (χ1) is 8.63. The summed E-state index contributed by atoms with van der Waals surface area (Å²) < 4.78 is 5.31. The topological polar surface area (TPSA) is 63.6 Å². The molecule has 0 unspecified atom stereocenters. The third kappa shape index (κ3) is 2.27. The van der Waals surface area contributed by atoms with E-state index in [1.807, 2.05) is 6.92 Å². The molecule has 4 nitrogen and oxygen atoms in total. The lowest BCUT2D eigenvalue weighted by atomic mass is 9.93. The van der Waals surface area contributed by atoms with E-state index in [0.717, 1.165) is 12.8 Å². The quantitative estimate of drug-likeness (QED) is 0.829. The third-order valence-electron chi connectivity index (χ3n) is 2.75. The molecular formula is C14H14O4. The van der Waals surface area contributed by atoms with Crippen molar-refractivity contribution in [3.8, 4) is 5.75 Å². The average molecular weight is 246 g/mol. The van der Waals surface area contributed by atoms with Gasteiger partial charge in [-0.15, -0.1) is 0 Å². The summed E-state index contributed by atoms with van der Waals surface area (Å²) in [6, 6.07) is 4.14. The number of hydrogen-bond acceptors (Lipinski definition) is 4. The van der Waals surface area contributed by atoms with Gasteiger partial charge >= 0.3 is 0 Å². The molecule has 0 heterocycles. The van der Waals surface area contributed by atoms with Crippen molar-refractivity contribution in [2.45, 2.75) is 19.8 Å². The Bertz CT molecular complexity index is 529. The van der Waals surface area contributed by atoms with Gasteiger partial charge in [0.05, 0.1) is 6.61 Å². The van der Waals surface area contributed by atoms with Gasteiger partial charge in [0.2, 0.25) is 5.78 Å². The minimum atomic E-state index is -0.350. The molecule has 0 aliphatic heterocycles. The summed E-state index contributed by atoms with van der Waals surface area (Å²) >= 11 is 0. The van der Waals surface area contributed by atoms with Crippen LogP contribution < -0.4 is 0 Å². The number of aromatic hydroxyl groups is 1. The van der Waals surface area contributed by atoms with Crippen molar-refractivity contribution in [1.82, 2.24) is 0 Å². The van der Waals surface area contributed by atoms with Crippen molar-refractivity contribution in [3.63, 3.8) is 0 Å². The van der Waals surface area contributed by atoms with Crippen molar-refractivity contribution in [2.24, 2.45) is 0 Å². The highest BCUT2D eigenvalue weighted by atomic mass is 16.5. The molecule has 0 saturated heterocycles. The Kier molecular flexibility index (Phi) is 3.46. The number of hydrogen-bond donors (Lipinski definition) is 1. The summed E-state index contributed by atoms with van der Waals surface area (Å²) in [5.74, 6) is -0.594. The molecule has 0 aromatic heterocycles. The number of phenolic OH excluding ortho intramolecular Hbond substituents is 1. The molecule has 0 bridgehead atoms. The second kappa shape index (κ2) is 5.04. The first-order valence-electron chi connectivity index (χ1n) is 5.90. The van der Waals surface area contributed by atoms with Crippen LogP contribution in [0, 0.1) is 0 Å². The highest BCUT2D eigenvalue weighted by Gasteiger charge is 2.26. The zero-order chi connectivity index (χ0) is 13.1. The molecule has 18 heavy (non-hydrogen) atoms. The Balaban J connectivity index is 2.28. The molecule has 1 aromatic rings. The monoisotopic (exact) mass is 246 g/mol. The van der Waals surface area contributed by atoms with Gasteiger partial charge in [-0.1, -0.05) is 13.3 Å². The van der Waals surface area contributed by atoms with E-state index in [2.05, 4.69) is 0 Å². The molecule has 1 aliphatic rings. The van der Waals surface area contributed by atoms with Crippen molar-refractivity contribution in [2.75, 3.05) is 6.61 Å². The van der Waals surface area contributed by atoms with E-state index in [0.29, 0.717) is 12.2 Å². The normalized spacial score (nSPS) is 14.2.